The molecule has 1 aromatic carbocycles. The molecule has 0 radical (unpaired) electrons. The second kappa shape index (κ2) is 4.98. The molecule has 0 amide bonds. The summed E-state index contributed by atoms with van der Waals surface area (Å²) in [6.07, 6.45) is -0.745. The van der Waals surface area contributed by atoms with Gasteiger partial charge in [-0.1, -0.05) is 23.2 Å². The minimum absolute atomic E-state index is 0.117. The lowest BCUT2D eigenvalue weighted by molar-refractivity contribution is -0.384. The van der Waals surface area contributed by atoms with Crippen molar-refractivity contribution >= 4 is 34.9 Å². The van der Waals surface area contributed by atoms with Crippen LogP contribution in [-0.4, -0.2) is 15.9 Å². The summed E-state index contributed by atoms with van der Waals surface area (Å²) in [5, 5.41) is 11.1. The highest BCUT2D eigenvalue weighted by atomic mass is 35.5. The van der Waals surface area contributed by atoms with Crippen LogP contribution in [0.25, 0.3) is 0 Å². The van der Waals surface area contributed by atoms with Gasteiger partial charge in [-0.05, 0) is 18.2 Å². The Labute approximate surface area is 128 Å². The number of benzene rings is 1. The van der Waals surface area contributed by atoms with Crippen LogP contribution in [0.3, 0.4) is 0 Å². The summed E-state index contributed by atoms with van der Waals surface area (Å²) in [5.74, 6) is -0.635. The number of hydrogen-bond acceptors (Lipinski definition) is 5. The van der Waals surface area contributed by atoms with E-state index in [2.05, 4.69) is 4.98 Å². The van der Waals surface area contributed by atoms with Gasteiger partial charge in [0, 0.05) is 23.3 Å². The van der Waals surface area contributed by atoms with E-state index in [1.165, 1.54) is 24.3 Å². The van der Waals surface area contributed by atoms with Crippen molar-refractivity contribution < 1.29 is 14.5 Å². The lowest BCUT2D eigenvalue weighted by atomic mass is 10.00. The summed E-state index contributed by atoms with van der Waals surface area (Å²) in [7, 11) is 0. The summed E-state index contributed by atoms with van der Waals surface area (Å²) in [6.45, 7) is 0. The molecular formula is C13H6Cl2N2O4. The first-order chi connectivity index (χ1) is 9.97. The molecule has 0 N–H and O–H groups in total. The summed E-state index contributed by atoms with van der Waals surface area (Å²) < 4.78 is 5.24. The molecule has 106 valence electrons. The molecule has 6 nitrogen and oxygen atoms in total. The number of esters is 1. The van der Waals surface area contributed by atoms with Gasteiger partial charge in [0.2, 0.25) is 0 Å². The monoisotopic (exact) mass is 324 g/mol. The molecule has 1 atom stereocenters. The van der Waals surface area contributed by atoms with Gasteiger partial charge in [0.25, 0.3) is 5.69 Å². The number of cyclic esters (lactones) is 1. The van der Waals surface area contributed by atoms with E-state index in [-0.39, 0.29) is 21.6 Å². The van der Waals surface area contributed by atoms with Crippen molar-refractivity contribution in [2.24, 2.45) is 0 Å². The number of carbonyl (C=O) groups is 1. The molecule has 21 heavy (non-hydrogen) atoms. The van der Waals surface area contributed by atoms with Crippen molar-refractivity contribution in [3.63, 3.8) is 0 Å². The van der Waals surface area contributed by atoms with Crippen LogP contribution in [0, 0.1) is 10.1 Å². The van der Waals surface area contributed by atoms with E-state index in [1.807, 2.05) is 0 Å². The van der Waals surface area contributed by atoms with Gasteiger partial charge in [0.1, 0.15) is 10.3 Å². The molecule has 0 aliphatic carbocycles. The summed E-state index contributed by atoms with van der Waals surface area (Å²) in [4.78, 5) is 25.9. The Hall–Kier alpha value is -2.18. The lowest BCUT2D eigenvalue weighted by Crippen LogP contribution is -2.02. The van der Waals surface area contributed by atoms with Gasteiger partial charge in [-0.15, -0.1) is 0 Å². The zero-order valence-corrected chi connectivity index (χ0v) is 11.8. The number of nitro benzene ring substituents is 1. The van der Waals surface area contributed by atoms with Crippen LogP contribution < -0.4 is 0 Å². The number of hydrogen-bond donors (Lipinski definition) is 0. The Bertz CT molecular complexity index is 779. The van der Waals surface area contributed by atoms with Crippen LogP contribution in [-0.2, 0) is 4.74 Å². The first-order valence-corrected chi connectivity index (χ1v) is 6.54. The molecule has 0 saturated carbocycles. The van der Waals surface area contributed by atoms with Gasteiger partial charge in [0.15, 0.2) is 6.10 Å². The molecule has 0 saturated heterocycles. The maximum atomic E-state index is 11.9. The van der Waals surface area contributed by atoms with Crippen LogP contribution in [0.5, 0.6) is 0 Å². The number of pyridine rings is 1. The highest BCUT2D eigenvalue weighted by Crippen LogP contribution is 2.39. The standard InChI is InChI=1S/C13H6Cl2N2O4/c14-10-4-3-8(12(15)16-10)11-7-2-1-6(17(19)20)5-9(7)13(18)21-11/h1-5,11H. The van der Waals surface area contributed by atoms with E-state index in [4.69, 9.17) is 27.9 Å². The third-order valence-electron chi connectivity index (χ3n) is 3.10. The van der Waals surface area contributed by atoms with Crippen LogP contribution in [0.2, 0.25) is 10.3 Å². The quantitative estimate of drug-likeness (QED) is 0.365. The molecule has 1 unspecified atom stereocenters. The summed E-state index contributed by atoms with van der Waals surface area (Å²) in [6, 6.07) is 7.11. The molecular weight excluding hydrogens is 319 g/mol. The van der Waals surface area contributed by atoms with Crippen LogP contribution >= 0.6 is 23.2 Å². The normalized spacial score (nSPS) is 16.5. The van der Waals surface area contributed by atoms with Gasteiger partial charge in [0.05, 0.1) is 10.5 Å². The summed E-state index contributed by atoms with van der Waals surface area (Å²) >= 11 is 11.7. The van der Waals surface area contributed by atoms with E-state index in [9.17, 15) is 14.9 Å². The summed E-state index contributed by atoms with van der Waals surface area (Å²) in [5.41, 5.74) is 0.963. The van der Waals surface area contributed by atoms with Crippen molar-refractivity contribution in [2.45, 2.75) is 6.10 Å². The molecule has 2 heterocycles. The first kappa shape index (κ1) is 13.8. The number of aromatic nitrogens is 1. The number of nitro groups is 1. The largest absolute Gasteiger partial charge is 0.449 e. The molecule has 2 aromatic rings. The zero-order valence-electron chi connectivity index (χ0n) is 10.2. The minimum atomic E-state index is -0.745. The molecule has 1 aliphatic heterocycles. The molecule has 0 spiro atoms. The predicted molar refractivity (Wildman–Crippen MR) is 74.6 cm³/mol. The third-order valence-corrected chi connectivity index (χ3v) is 3.61. The van der Waals surface area contributed by atoms with Crippen LogP contribution in [0.4, 0.5) is 5.69 Å². The van der Waals surface area contributed by atoms with Crippen molar-refractivity contribution in [2.75, 3.05) is 0 Å². The van der Waals surface area contributed by atoms with Gasteiger partial charge in [-0.2, -0.15) is 0 Å². The molecule has 8 heteroatoms. The third kappa shape index (κ3) is 2.32. The van der Waals surface area contributed by atoms with E-state index in [0.717, 1.165) is 0 Å². The first-order valence-electron chi connectivity index (χ1n) is 5.78. The van der Waals surface area contributed by atoms with Crippen LogP contribution in [0.1, 0.15) is 27.6 Å². The van der Waals surface area contributed by atoms with E-state index < -0.39 is 17.0 Å². The Balaban J connectivity index is 2.10. The SMILES string of the molecule is O=C1OC(c2ccc(Cl)nc2Cl)c2ccc([N+](=O)[O-])cc21. The molecule has 1 aromatic heterocycles. The van der Waals surface area contributed by atoms with Crippen LogP contribution in [0.15, 0.2) is 30.3 Å². The average Bonchev–Trinajstić information content (AvgIpc) is 2.75. The predicted octanol–water partition coefficient (Wildman–Crippen LogP) is 3.56. The van der Waals surface area contributed by atoms with E-state index in [0.29, 0.717) is 11.1 Å². The van der Waals surface area contributed by atoms with Crippen molar-refractivity contribution in [1.29, 1.82) is 0 Å². The van der Waals surface area contributed by atoms with E-state index >= 15 is 0 Å². The van der Waals surface area contributed by atoms with Crippen molar-refractivity contribution in [3.8, 4) is 0 Å². The fourth-order valence-electron chi connectivity index (χ4n) is 2.15. The maximum Gasteiger partial charge on any atom is 0.339 e. The minimum Gasteiger partial charge on any atom is -0.449 e. The van der Waals surface area contributed by atoms with Gasteiger partial charge >= 0.3 is 5.97 Å². The highest BCUT2D eigenvalue weighted by molar-refractivity contribution is 6.32. The Morgan fingerprint density at radius 2 is 1.90 bits per heavy atom. The number of carbonyl (C=O) groups excluding carboxylic acids is 1. The second-order valence-electron chi connectivity index (χ2n) is 4.33. The Morgan fingerprint density at radius 3 is 2.57 bits per heavy atom. The Morgan fingerprint density at radius 1 is 1.19 bits per heavy atom. The lowest BCUT2D eigenvalue weighted by Gasteiger charge is -2.12. The molecule has 1 aliphatic rings. The average molecular weight is 325 g/mol. The molecule has 0 bridgehead atoms. The van der Waals surface area contributed by atoms with Gasteiger partial charge in [-0.25, -0.2) is 9.78 Å². The second-order valence-corrected chi connectivity index (χ2v) is 5.07. The van der Waals surface area contributed by atoms with Gasteiger partial charge in [-0.3, -0.25) is 10.1 Å². The zero-order chi connectivity index (χ0) is 15.1. The van der Waals surface area contributed by atoms with Gasteiger partial charge < -0.3 is 4.74 Å². The number of non-ortho nitro benzene ring substituents is 1. The molecule has 3 rings (SSSR count). The maximum absolute atomic E-state index is 11.9. The fourth-order valence-corrected chi connectivity index (χ4v) is 2.59. The number of rotatable bonds is 2. The number of nitrogens with zero attached hydrogens (tertiary/aromatic N) is 2. The Kier molecular flexibility index (Phi) is 3.27. The molecule has 0 fully saturated rings. The van der Waals surface area contributed by atoms with Crippen molar-refractivity contribution in [1.82, 2.24) is 4.98 Å². The topological polar surface area (TPSA) is 82.3 Å². The van der Waals surface area contributed by atoms with Crippen molar-refractivity contribution in [3.05, 3.63) is 67.4 Å². The smallest absolute Gasteiger partial charge is 0.339 e. The number of halogens is 2. The number of fused-ring (bicyclic) bond motifs is 1. The van der Waals surface area contributed by atoms with E-state index in [1.54, 1.807) is 6.07 Å². The highest BCUT2D eigenvalue weighted by Gasteiger charge is 2.35. The number of ether oxygens (including phenoxy) is 1. The fraction of sp³-hybridized carbons (Fsp3) is 0.0769.